The largest absolute Gasteiger partial charge is 0.322 e. The molecule has 12 heteroatoms. The van der Waals surface area contributed by atoms with Crippen molar-refractivity contribution < 1.29 is 21.6 Å². The topological polar surface area (TPSA) is 121 Å². The lowest BCUT2D eigenvalue weighted by atomic mass is 10.1. The monoisotopic (exact) mass is 555 g/mol. The Bertz CT molecular complexity index is 1430. The SMILES string of the molecule is CCCCNS(=O)(=O)c1cccc(NC(=O)c2ccc(Cl)cc2NS(=O)(=O)c2ccc(Cl)cc2)c1. The number of halogens is 2. The van der Waals surface area contributed by atoms with Crippen molar-refractivity contribution in [3.8, 4) is 0 Å². The first-order valence-electron chi connectivity index (χ1n) is 10.5. The van der Waals surface area contributed by atoms with Crippen LogP contribution in [-0.4, -0.2) is 29.3 Å². The van der Waals surface area contributed by atoms with Gasteiger partial charge in [-0.1, -0.05) is 42.6 Å². The van der Waals surface area contributed by atoms with E-state index in [1.807, 2.05) is 6.92 Å². The van der Waals surface area contributed by atoms with Gasteiger partial charge in [-0.15, -0.1) is 0 Å². The van der Waals surface area contributed by atoms with E-state index in [4.69, 9.17) is 23.2 Å². The minimum Gasteiger partial charge on any atom is -0.322 e. The van der Waals surface area contributed by atoms with Crippen LogP contribution in [0.5, 0.6) is 0 Å². The first kappa shape index (κ1) is 27.0. The zero-order valence-electron chi connectivity index (χ0n) is 18.6. The van der Waals surface area contributed by atoms with Gasteiger partial charge in [0.25, 0.3) is 15.9 Å². The molecule has 3 rings (SSSR count). The van der Waals surface area contributed by atoms with Crippen molar-refractivity contribution >= 4 is 60.5 Å². The Morgan fingerprint density at radius 3 is 2.20 bits per heavy atom. The summed E-state index contributed by atoms with van der Waals surface area (Å²) in [6.45, 7) is 2.25. The average molecular weight is 556 g/mol. The van der Waals surface area contributed by atoms with Gasteiger partial charge in [0.1, 0.15) is 0 Å². The standard InChI is InChI=1S/C23H23Cl2N3O5S2/c1-2-3-13-26-34(30,31)20-6-4-5-18(15-20)27-23(29)21-12-9-17(25)14-22(21)28-35(32,33)19-10-7-16(24)8-11-19/h4-12,14-15,26,28H,2-3,13H2,1H3,(H,27,29). The highest BCUT2D eigenvalue weighted by molar-refractivity contribution is 7.92. The second-order valence-electron chi connectivity index (χ2n) is 7.48. The van der Waals surface area contributed by atoms with E-state index in [0.717, 1.165) is 6.42 Å². The maximum absolute atomic E-state index is 13.0. The third kappa shape index (κ3) is 7.18. The van der Waals surface area contributed by atoms with E-state index in [-0.39, 0.29) is 31.8 Å². The van der Waals surface area contributed by atoms with Gasteiger partial charge in [0.05, 0.1) is 21.0 Å². The van der Waals surface area contributed by atoms with Crippen LogP contribution in [0.25, 0.3) is 0 Å². The highest BCUT2D eigenvalue weighted by Gasteiger charge is 2.20. The van der Waals surface area contributed by atoms with Gasteiger partial charge in [-0.2, -0.15) is 0 Å². The van der Waals surface area contributed by atoms with Crippen LogP contribution in [0.3, 0.4) is 0 Å². The number of sulfonamides is 2. The van der Waals surface area contributed by atoms with Crippen molar-refractivity contribution in [1.82, 2.24) is 4.72 Å². The van der Waals surface area contributed by atoms with Crippen LogP contribution in [0.15, 0.2) is 76.5 Å². The fourth-order valence-corrected chi connectivity index (χ4v) is 5.51. The minimum absolute atomic E-state index is 0.00817. The van der Waals surface area contributed by atoms with Crippen molar-refractivity contribution in [2.75, 3.05) is 16.6 Å². The fraction of sp³-hybridized carbons (Fsp3) is 0.174. The number of unbranched alkanes of at least 4 members (excludes halogenated alkanes) is 1. The van der Waals surface area contributed by atoms with E-state index in [1.54, 1.807) is 0 Å². The summed E-state index contributed by atoms with van der Waals surface area (Å²) >= 11 is 11.9. The Balaban J connectivity index is 1.85. The number of carbonyl (C=O) groups excluding carboxylic acids is 1. The molecule has 0 aliphatic rings. The number of rotatable bonds is 10. The maximum atomic E-state index is 13.0. The van der Waals surface area contributed by atoms with Crippen LogP contribution >= 0.6 is 23.2 Å². The van der Waals surface area contributed by atoms with Gasteiger partial charge in [0.15, 0.2) is 0 Å². The molecule has 8 nitrogen and oxygen atoms in total. The lowest BCUT2D eigenvalue weighted by Gasteiger charge is -2.14. The number of hydrogen-bond donors (Lipinski definition) is 3. The first-order valence-corrected chi connectivity index (χ1v) is 14.2. The molecule has 35 heavy (non-hydrogen) atoms. The molecule has 0 radical (unpaired) electrons. The number of hydrogen-bond acceptors (Lipinski definition) is 5. The Morgan fingerprint density at radius 2 is 1.51 bits per heavy atom. The summed E-state index contributed by atoms with van der Waals surface area (Å²) in [6, 6.07) is 15.4. The molecule has 0 unspecified atom stereocenters. The molecule has 3 aromatic carbocycles. The van der Waals surface area contributed by atoms with E-state index in [0.29, 0.717) is 18.0 Å². The molecule has 0 fully saturated rings. The molecule has 0 atom stereocenters. The van der Waals surface area contributed by atoms with Crippen LogP contribution < -0.4 is 14.8 Å². The third-order valence-electron chi connectivity index (χ3n) is 4.82. The summed E-state index contributed by atoms with van der Waals surface area (Å²) < 4.78 is 55.5. The lowest BCUT2D eigenvalue weighted by Crippen LogP contribution is -2.25. The normalized spacial score (nSPS) is 11.7. The van der Waals surface area contributed by atoms with Crippen molar-refractivity contribution in [3.63, 3.8) is 0 Å². The van der Waals surface area contributed by atoms with Gasteiger partial charge >= 0.3 is 0 Å². The number of carbonyl (C=O) groups is 1. The molecule has 3 aromatic rings. The Kier molecular flexibility index (Phi) is 8.79. The van der Waals surface area contributed by atoms with Crippen LogP contribution in [0.2, 0.25) is 10.0 Å². The quantitative estimate of drug-likeness (QED) is 0.299. The molecule has 186 valence electrons. The fourth-order valence-electron chi connectivity index (χ4n) is 3.02. The second kappa shape index (κ2) is 11.4. The molecule has 0 aromatic heterocycles. The van der Waals surface area contributed by atoms with Crippen molar-refractivity contribution in [2.45, 2.75) is 29.6 Å². The van der Waals surface area contributed by atoms with Gasteiger partial charge in [-0.05, 0) is 67.1 Å². The van der Waals surface area contributed by atoms with Crippen LogP contribution in [0.4, 0.5) is 11.4 Å². The third-order valence-corrected chi connectivity index (χ3v) is 8.15. The van der Waals surface area contributed by atoms with E-state index in [9.17, 15) is 21.6 Å². The maximum Gasteiger partial charge on any atom is 0.261 e. The van der Waals surface area contributed by atoms with Crippen LogP contribution in [0, 0.1) is 0 Å². The Hall–Kier alpha value is -2.63. The van der Waals surface area contributed by atoms with Crippen molar-refractivity contribution in [3.05, 3.63) is 82.3 Å². The average Bonchev–Trinajstić information content (AvgIpc) is 2.79. The summed E-state index contributed by atoms with van der Waals surface area (Å²) in [5.74, 6) is -0.663. The summed E-state index contributed by atoms with van der Waals surface area (Å²) in [5, 5.41) is 3.19. The highest BCUT2D eigenvalue weighted by atomic mass is 35.5. The van der Waals surface area contributed by atoms with E-state index < -0.39 is 26.0 Å². The molecule has 0 aliphatic carbocycles. The molecule has 0 heterocycles. The number of amides is 1. The molecule has 1 amide bonds. The molecule has 0 spiro atoms. The van der Waals surface area contributed by atoms with Gasteiger partial charge in [0.2, 0.25) is 10.0 Å². The predicted molar refractivity (Wildman–Crippen MR) is 138 cm³/mol. The zero-order valence-corrected chi connectivity index (χ0v) is 21.7. The van der Waals surface area contributed by atoms with Gasteiger partial charge in [-0.25, -0.2) is 21.6 Å². The summed E-state index contributed by atoms with van der Waals surface area (Å²) in [7, 11) is -7.79. The Labute approximate surface area is 214 Å². The van der Waals surface area contributed by atoms with Crippen LogP contribution in [-0.2, 0) is 20.0 Å². The second-order valence-corrected chi connectivity index (χ2v) is 11.8. The zero-order chi connectivity index (χ0) is 25.6. The molecule has 0 saturated heterocycles. The number of benzene rings is 3. The van der Waals surface area contributed by atoms with Gasteiger partial charge < -0.3 is 5.32 Å². The smallest absolute Gasteiger partial charge is 0.261 e. The molecular formula is C23H23Cl2N3O5S2. The minimum atomic E-state index is -4.05. The van der Waals surface area contributed by atoms with E-state index in [1.165, 1.54) is 66.7 Å². The summed E-state index contributed by atoms with van der Waals surface area (Å²) in [6.07, 6.45) is 1.53. The first-order chi connectivity index (χ1) is 16.5. The Morgan fingerprint density at radius 1 is 0.829 bits per heavy atom. The number of nitrogens with one attached hydrogen (secondary N) is 3. The lowest BCUT2D eigenvalue weighted by molar-refractivity contribution is 0.102. The van der Waals surface area contributed by atoms with Crippen LogP contribution in [0.1, 0.15) is 30.1 Å². The molecule has 3 N–H and O–H groups in total. The summed E-state index contributed by atoms with van der Waals surface area (Å²) in [4.78, 5) is 13.0. The molecule has 0 aliphatic heterocycles. The molecular weight excluding hydrogens is 533 g/mol. The van der Waals surface area contributed by atoms with Crippen molar-refractivity contribution in [1.29, 1.82) is 0 Å². The summed E-state index contributed by atoms with van der Waals surface area (Å²) in [5.41, 5.74) is 0.158. The van der Waals surface area contributed by atoms with Crippen molar-refractivity contribution in [2.24, 2.45) is 0 Å². The molecule has 0 bridgehead atoms. The molecule has 0 saturated carbocycles. The van der Waals surface area contributed by atoms with Gasteiger partial charge in [0, 0.05) is 22.3 Å². The van der Waals surface area contributed by atoms with E-state index >= 15 is 0 Å². The highest BCUT2D eigenvalue weighted by Crippen LogP contribution is 2.26. The van der Waals surface area contributed by atoms with Gasteiger partial charge in [-0.3, -0.25) is 9.52 Å². The number of anilines is 2. The predicted octanol–water partition coefficient (Wildman–Crippen LogP) is 5.12. The van der Waals surface area contributed by atoms with E-state index in [2.05, 4.69) is 14.8 Å².